The van der Waals surface area contributed by atoms with Gasteiger partial charge in [0.1, 0.15) is 6.61 Å². The molecule has 158 valence electrons. The molecule has 0 aliphatic heterocycles. The lowest BCUT2D eigenvalue weighted by Crippen LogP contribution is -2.47. The molecule has 0 bridgehead atoms. The molecule has 1 amide bonds. The van der Waals surface area contributed by atoms with E-state index in [0.717, 1.165) is 11.3 Å². The van der Waals surface area contributed by atoms with E-state index in [1.165, 1.54) is 4.90 Å². The van der Waals surface area contributed by atoms with Crippen molar-refractivity contribution in [2.24, 2.45) is 0 Å². The summed E-state index contributed by atoms with van der Waals surface area (Å²) in [7, 11) is -1.90. The van der Waals surface area contributed by atoms with Crippen molar-refractivity contribution in [3.05, 3.63) is 66.2 Å². The average Bonchev–Trinajstić information content (AvgIpc) is 2.69. The van der Waals surface area contributed by atoms with Crippen LogP contribution in [-0.4, -0.2) is 32.8 Å². The van der Waals surface area contributed by atoms with Crippen molar-refractivity contribution in [1.29, 1.82) is 0 Å². The fraction of sp³-hybridized carbons (Fsp3) is 0.435. The van der Waals surface area contributed by atoms with Crippen LogP contribution in [0.4, 0.5) is 4.79 Å². The molecule has 0 aliphatic rings. The summed E-state index contributed by atoms with van der Waals surface area (Å²) in [6.45, 7) is 11.8. The lowest BCUT2D eigenvalue weighted by Gasteiger charge is -2.37. The van der Waals surface area contributed by atoms with Crippen LogP contribution in [0.3, 0.4) is 0 Å². The van der Waals surface area contributed by atoms with Crippen molar-refractivity contribution in [1.82, 2.24) is 5.32 Å². The van der Waals surface area contributed by atoms with E-state index in [2.05, 4.69) is 51.3 Å². The third-order valence-electron chi connectivity index (χ3n) is 5.18. The third kappa shape index (κ3) is 8.24. The van der Waals surface area contributed by atoms with Gasteiger partial charge in [0.2, 0.25) is 0 Å². The molecule has 0 radical (unpaired) electrons. The number of carbonyl (C=O) groups excluding carboxylic acids is 1. The molecule has 4 nitrogen and oxygen atoms in total. The van der Waals surface area contributed by atoms with Crippen molar-refractivity contribution in [2.45, 2.75) is 56.4 Å². The van der Waals surface area contributed by atoms with Gasteiger partial charge in [-0.1, -0.05) is 69.3 Å². The zero-order chi connectivity index (χ0) is 21.3. The molecule has 0 aliphatic carbocycles. The molecule has 0 unspecified atom stereocenters. The summed E-state index contributed by atoms with van der Waals surface area (Å²) in [5, 5.41) is 3.12. The molecule has 0 saturated heterocycles. The fourth-order valence-electron chi connectivity index (χ4n) is 2.30. The Labute approximate surface area is 180 Å². The Hall–Kier alpha value is -1.76. The van der Waals surface area contributed by atoms with E-state index in [1.54, 1.807) is 11.8 Å². The minimum Gasteiger partial charge on any atom is -0.445 e. The molecule has 0 saturated carbocycles. The molecule has 0 heterocycles. The summed E-state index contributed by atoms with van der Waals surface area (Å²) >= 11 is 1.71. The second-order valence-electron chi connectivity index (χ2n) is 8.60. The van der Waals surface area contributed by atoms with Crippen LogP contribution in [0.1, 0.15) is 26.3 Å². The topological polar surface area (TPSA) is 47.6 Å². The molecule has 0 spiro atoms. The molecular weight excluding hydrogens is 398 g/mol. The number of amides is 1. The Morgan fingerprint density at radius 2 is 1.62 bits per heavy atom. The summed E-state index contributed by atoms with van der Waals surface area (Å²) in [6, 6.07) is 19.8. The number of alkyl carbamates (subject to hydrolysis) is 1. The van der Waals surface area contributed by atoms with Gasteiger partial charge in [-0.3, -0.25) is 0 Å². The smallest absolute Gasteiger partial charge is 0.407 e. The fourth-order valence-corrected chi connectivity index (χ4v) is 4.28. The van der Waals surface area contributed by atoms with Crippen LogP contribution in [0.5, 0.6) is 0 Å². The van der Waals surface area contributed by atoms with E-state index < -0.39 is 14.4 Å². The molecule has 1 atom stereocenters. The summed E-state index contributed by atoms with van der Waals surface area (Å²) in [4.78, 5) is 13.5. The Morgan fingerprint density at radius 1 is 1.03 bits per heavy atom. The zero-order valence-electron chi connectivity index (χ0n) is 18.1. The number of hydrogen-bond acceptors (Lipinski definition) is 4. The third-order valence-corrected chi connectivity index (χ3v) is 10.9. The lowest BCUT2D eigenvalue weighted by molar-refractivity contribution is 0.131. The standard InChI is InChI=1S/C23H33NO3SSi/c1-23(2,3)29(4,5)27-17-20(18-28-21-14-10-7-11-15-21)24-22(25)26-16-19-12-8-6-9-13-19/h6-15,20H,16-18H2,1-5H3,(H,24,25)/t20-/m1/s1. The highest BCUT2D eigenvalue weighted by Crippen LogP contribution is 2.36. The second kappa shape index (κ2) is 10.9. The summed E-state index contributed by atoms with van der Waals surface area (Å²) < 4.78 is 11.8. The normalized spacial score (nSPS) is 13.0. The molecular formula is C23H33NO3SSi. The predicted molar refractivity (Wildman–Crippen MR) is 124 cm³/mol. The first-order valence-electron chi connectivity index (χ1n) is 9.96. The van der Waals surface area contributed by atoms with Gasteiger partial charge in [0.25, 0.3) is 0 Å². The first kappa shape index (κ1) is 23.5. The molecule has 2 rings (SSSR count). The highest BCUT2D eigenvalue weighted by atomic mass is 32.2. The minimum atomic E-state index is -1.90. The molecule has 1 N–H and O–H groups in total. The largest absolute Gasteiger partial charge is 0.445 e. The van der Waals surface area contributed by atoms with Crippen molar-refractivity contribution in [3.8, 4) is 0 Å². The first-order chi connectivity index (χ1) is 13.7. The van der Waals surface area contributed by atoms with Gasteiger partial charge >= 0.3 is 6.09 Å². The van der Waals surface area contributed by atoms with Gasteiger partial charge in [0.05, 0.1) is 12.6 Å². The number of hydrogen-bond donors (Lipinski definition) is 1. The SMILES string of the molecule is CC(C)(C)[Si](C)(C)OC[C@H](CSc1ccccc1)NC(=O)OCc1ccccc1. The van der Waals surface area contributed by atoms with Crippen LogP contribution in [0.15, 0.2) is 65.6 Å². The minimum absolute atomic E-state index is 0.123. The van der Waals surface area contributed by atoms with E-state index in [-0.39, 0.29) is 17.7 Å². The van der Waals surface area contributed by atoms with Crippen LogP contribution < -0.4 is 5.32 Å². The van der Waals surface area contributed by atoms with Gasteiger partial charge < -0.3 is 14.5 Å². The number of nitrogens with one attached hydrogen (secondary N) is 1. The number of thioether (sulfide) groups is 1. The Morgan fingerprint density at radius 3 is 2.21 bits per heavy atom. The lowest BCUT2D eigenvalue weighted by atomic mass is 10.2. The maximum atomic E-state index is 12.4. The second-order valence-corrected chi connectivity index (χ2v) is 14.5. The summed E-state index contributed by atoms with van der Waals surface area (Å²) in [5.41, 5.74) is 0.968. The van der Waals surface area contributed by atoms with E-state index in [4.69, 9.17) is 9.16 Å². The maximum Gasteiger partial charge on any atom is 0.407 e. The van der Waals surface area contributed by atoms with Crippen molar-refractivity contribution in [3.63, 3.8) is 0 Å². The number of rotatable bonds is 9. The number of ether oxygens (including phenoxy) is 1. The van der Waals surface area contributed by atoms with E-state index >= 15 is 0 Å². The molecule has 2 aromatic carbocycles. The van der Waals surface area contributed by atoms with Gasteiger partial charge in [-0.15, -0.1) is 11.8 Å². The van der Waals surface area contributed by atoms with Crippen LogP contribution >= 0.6 is 11.8 Å². The van der Waals surface area contributed by atoms with E-state index in [9.17, 15) is 4.79 Å². The molecule has 29 heavy (non-hydrogen) atoms. The van der Waals surface area contributed by atoms with Crippen LogP contribution in [0, 0.1) is 0 Å². The molecule has 2 aromatic rings. The van der Waals surface area contributed by atoms with Gasteiger partial charge in [-0.2, -0.15) is 0 Å². The van der Waals surface area contributed by atoms with Gasteiger partial charge in [0, 0.05) is 10.6 Å². The summed E-state index contributed by atoms with van der Waals surface area (Å²) in [6.07, 6.45) is -0.411. The van der Waals surface area contributed by atoms with Crippen LogP contribution in [0.25, 0.3) is 0 Å². The predicted octanol–water partition coefficient (Wildman–Crippen LogP) is 6.10. The highest BCUT2D eigenvalue weighted by Gasteiger charge is 2.37. The summed E-state index contributed by atoms with van der Waals surface area (Å²) in [5.74, 6) is 0.721. The van der Waals surface area contributed by atoms with Crippen LogP contribution in [-0.2, 0) is 15.8 Å². The number of benzene rings is 2. The van der Waals surface area contributed by atoms with Gasteiger partial charge in [0.15, 0.2) is 8.32 Å². The monoisotopic (exact) mass is 431 g/mol. The molecule has 0 fully saturated rings. The van der Waals surface area contributed by atoms with Crippen molar-refractivity contribution in [2.75, 3.05) is 12.4 Å². The Bertz CT molecular complexity index is 748. The zero-order valence-corrected chi connectivity index (χ0v) is 19.9. The Kier molecular flexibility index (Phi) is 8.80. The van der Waals surface area contributed by atoms with E-state index in [0.29, 0.717) is 6.61 Å². The quantitative estimate of drug-likeness (QED) is 0.385. The molecule has 6 heteroatoms. The Balaban J connectivity index is 1.94. The van der Waals surface area contributed by atoms with Crippen molar-refractivity contribution < 1.29 is 14.0 Å². The maximum absolute atomic E-state index is 12.4. The number of carbonyl (C=O) groups is 1. The highest BCUT2D eigenvalue weighted by molar-refractivity contribution is 7.99. The first-order valence-corrected chi connectivity index (χ1v) is 13.9. The molecule has 0 aromatic heterocycles. The van der Waals surface area contributed by atoms with Gasteiger partial charge in [-0.05, 0) is 35.8 Å². The van der Waals surface area contributed by atoms with Gasteiger partial charge in [-0.25, -0.2) is 4.79 Å². The van der Waals surface area contributed by atoms with Crippen LogP contribution in [0.2, 0.25) is 18.1 Å². The van der Waals surface area contributed by atoms with Crippen molar-refractivity contribution >= 4 is 26.2 Å². The van der Waals surface area contributed by atoms with E-state index in [1.807, 2.05) is 48.5 Å². The average molecular weight is 432 g/mol.